The lowest BCUT2D eigenvalue weighted by Gasteiger charge is -2.31. The minimum atomic E-state index is 0.742. The molecule has 0 spiro atoms. The Balaban J connectivity index is 2.69. The van der Waals surface area contributed by atoms with E-state index < -0.39 is 0 Å². The minimum absolute atomic E-state index is 0.742. The van der Waals surface area contributed by atoms with E-state index in [1.165, 1.54) is 6.42 Å². The number of rotatable bonds is 2. The first kappa shape index (κ1) is 12.0. The molecule has 1 nitrogen and oxygen atoms in total. The molecule has 0 radical (unpaired) electrons. The van der Waals surface area contributed by atoms with Crippen LogP contribution in [0.2, 0.25) is 0 Å². The van der Waals surface area contributed by atoms with Gasteiger partial charge in [0.1, 0.15) is 0 Å². The molecule has 84 valence electrons. The van der Waals surface area contributed by atoms with Crippen LogP contribution in [-0.4, -0.2) is 13.2 Å². The maximum Gasteiger partial charge on any atom is 0.0499 e. The molecule has 1 fully saturated rings. The van der Waals surface area contributed by atoms with Gasteiger partial charge in [-0.1, -0.05) is 34.6 Å². The molecule has 1 saturated heterocycles. The summed E-state index contributed by atoms with van der Waals surface area (Å²) in [5, 5.41) is 0. The molecule has 3 unspecified atom stereocenters. The van der Waals surface area contributed by atoms with Crippen LogP contribution in [-0.2, 0) is 4.74 Å². The van der Waals surface area contributed by atoms with Crippen LogP contribution in [0.15, 0.2) is 0 Å². The molecule has 0 aromatic heterocycles. The van der Waals surface area contributed by atoms with Gasteiger partial charge in [-0.25, -0.2) is 0 Å². The zero-order valence-electron chi connectivity index (χ0n) is 10.4. The summed E-state index contributed by atoms with van der Waals surface area (Å²) in [5.74, 6) is 3.91. The van der Waals surface area contributed by atoms with Crippen molar-refractivity contribution in [2.75, 3.05) is 13.2 Å². The van der Waals surface area contributed by atoms with Crippen LogP contribution in [0.25, 0.3) is 0 Å². The summed E-state index contributed by atoms with van der Waals surface area (Å²) < 4.78 is 5.76. The molecule has 0 amide bonds. The highest BCUT2D eigenvalue weighted by atomic mass is 16.5. The molecule has 3 atom stereocenters. The average molecular weight is 198 g/mol. The molecule has 0 aromatic rings. The van der Waals surface area contributed by atoms with Crippen molar-refractivity contribution in [3.8, 4) is 0 Å². The van der Waals surface area contributed by atoms with E-state index >= 15 is 0 Å². The second-order valence-corrected chi connectivity index (χ2v) is 5.69. The van der Waals surface area contributed by atoms with Crippen molar-refractivity contribution < 1.29 is 4.74 Å². The van der Waals surface area contributed by atoms with Gasteiger partial charge in [0, 0.05) is 13.2 Å². The van der Waals surface area contributed by atoms with Crippen molar-refractivity contribution >= 4 is 0 Å². The minimum Gasteiger partial charge on any atom is -0.381 e. The highest BCUT2D eigenvalue weighted by Crippen LogP contribution is 2.35. The predicted octanol–water partition coefficient (Wildman–Crippen LogP) is 3.59. The Bertz CT molecular complexity index is 163. The molecule has 0 saturated carbocycles. The van der Waals surface area contributed by atoms with Crippen LogP contribution in [0.1, 0.15) is 41.0 Å². The first-order valence-electron chi connectivity index (χ1n) is 6.10. The number of ether oxygens (including phenoxy) is 1. The Morgan fingerprint density at radius 3 is 2.00 bits per heavy atom. The fourth-order valence-corrected chi connectivity index (χ4v) is 2.69. The first-order chi connectivity index (χ1) is 6.52. The van der Waals surface area contributed by atoms with Crippen molar-refractivity contribution in [3.63, 3.8) is 0 Å². The molecule has 1 heteroatoms. The molecule has 1 heterocycles. The Morgan fingerprint density at radius 1 is 0.929 bits per heavy atom. The monoisotopic (exact) mass is 198 g/mol. The average Bonchev–Trinajstić information content (AvgIpc) is 2.26. The van der Waals surface area contributed by atoms with Crippen LogP contribution >= 0.6 is 0 Å². The molecule has 14 heavy (non-hydrogen) atoms. The molecule has 0 aliphatic carbocycles. The smallest absolute Gasteiger partial charge is 0.0499 e. The molecular formula is C13H26O. The quantitative estimate of drug-likeness (QED) is 0.659. The van der Waals surface area contributed by atoms with E-state index in [4.69, 9.17) is 4.74 Å². The maximum absolute atomic E-state index is 5.76. The molecule has 1 rings (SSSR count). The predicted molar refractivity (Wildman–Crippen MR) is 61.3 cm³/mol. The topological polar surface area (TPSA) is 9.23 Å². The lowest BCUT2D eigenvalue weighted by Crippen LogP contribution is -2.27. The molecule has 0 bridgehead atoms. The molecule has 1 aliphatic rings. The Morgan fingerprint density at radius 2 is 1.50 bits per heavy atom. The molecule has 0 N–H and O–H groups in total. The third-order valence-electron chi connectivity index (χ3n) is 3.65. The highest BCUT2D eigenvalue weighted by Gasteiger charge is 2.31. The van der Waals surface area contributed by atoms with Crippen LogP contribution in [0.5, 0.6) is 0 Å². The Labute approximate surface area is 89.2 Å². The lowest BCUT2D eigenvalue weighted by molar-refractivity contribution is 0.0686. The van der Waals surface area contributed by atoms with Gasteiger partial charge in [-0.3, -0.25) is 0 Å². The van der Waals surface area contributed by atoms with Gasteiger partial charge in [0.05, 0.1) is 0 Å². The van der Waals surface area contributed by atoms with Crippen LogP contribution < -0.4 is 0 Å². The first-order valence-corrected chi connectivity index (χ1v) is 6.10. The Kier molecular flexibility index (Phi) is 4.43. The zero-order valence-corrected chi connectivity index (χ0v) is 10.4. The summed E-state index contributed by atoms with van der Waals surface area (Å²) in [6, 6.07) is 0. The zero-order chi connectivity index (χ0) is 10.7. The van der Waals surface area contributed by atoms with Gasteiger partial charge in [0.15, 0.2) is 0 Å². The van der Waals surface area contributed by atoms with Gasteiger partial charge < -0.3 is 4.74 Å². The van der Waals surface area contributed by atoms with E-state index in [0.29, 0.717) is 0 Å². The standard InChI is InChI=1S/C13H26O/c1-9(2)12-6-11(5)7-14-8-13(12)10(3)4/h9-13H,6-8H2,1-5H3. The highest BCUT2D eigenvalue weighted by molar-refractivity contribution is 4.79. The van der Waals surface area contributed by atoms with Crippen LogP contribution in [0, 0.1) is 29.6 Å². The lowest BCUT2D eigenvalue weighted by atomic mass is 9.74. The summed E-state index contributed by atoms with van der Waals surface area (Å²) in [7, 11) is 0. The summed E-state index contributed by atoms with van der Waals surface area (Å²) in [6.45, 7) is 13.6. The van der Waals surface area contributed by atoms with E-state index in [0.717, 1.165) is 42.8 Å². The van der Waals surface area contributed by atoms with Gasteiger partial charge in [0.2, 0.25) is 0 Å². The van der Waals surface area contributed by atoms with E-state index in [9.17, 15) is 0 Å². The second kappa shape index (κ2) is 5.16. The van der Waals surface area contributed by atoms with Crippen molar-refractivity contribution in [1.82, 2.24) is 0 Å². The van der Waals surface area contributed by atoms with Crippen LogP contribution in [0.3, 0.4) is 0 Å². The fraction of sp³-hybridized carbons (Fsp3) is 1.00. The van der Waals surface area contributed by atoms with Gasteiger partial charge in [-0.15, -0.1) is 0 Å². The molecule has 1 aliphatic heterocycles. The van der Waals surface area contributed by atoms with Gasteiger partial charge in [-0.05, 0) is 36.0 Å². The van der Waals surface area contributed by atoms with E-state index in [2.05, 4.69) is 34.6 Å². The summed E-state index contributed by atoms with van der Waals surface area (Å²) in [6.07, 6.45) is 1.35. The summed E-state index contributed by atoms with van der Waals surface area (Å²) >= 11 is 0. The van der Waals surface area contributed by atoms with Crippen LogP contribution in [0.4, 0.5) is 0 Å². The number of hydrogen-bond donors (Lipinski definition) is 0. The summed E-state index contributed by atoms with van der Waals surface area (Å²) in [4.78, 5) is 0. The Hall–Kier alpha value is -0.0400. The third-order valence-corrected chi connectivity index (χ3v) is 3.65. The van der Waals surface area contributed by atoms with Gasteiger partial charge in [-0.2, -0.15) is 0 Å². The second-order valence-electron chi connectivity index (χ2n) is 5.69. The molecule has 0 aromatic carbocycles. The van der Waals surface area contributed by atoms with Crippen molar-refractivity contribution in [2.24, 2.45) is 29.6 Å². The molecular weight excluding hydrogens is 172 g/mol. The fourth-order valence-electron chi connectivity index (χ4n) is 2.69. The van der Waals surface area contributed by atoms with Gasteiger partial charge in [0.25, 0.3) is 0 Å². The normalized spacial score (nSPS) is 34.9. The van der Waals surface area contributed by atoms with E-state index in [-0.39, 0.29) is 0 Å². The largest absolute Gasteiger partial charge is 0.381 e. The van der Waals surface area contributed by atoms with Crippen molar-refractivity contribution in [3.05, 3.63) is 0 Å². The number of hydrogen-bond acceptors (Lipinski definition) is 1. The van der Waals surface area contributed by atoms with Crippen molar-refractivity contribution in [2.45, 2.75) is 41.0 Å². The maximum atomic E-state index is 5.76. The van der Waals surface area contributed by atoms with Gasteiger partial charge >= 0.3 is 0 Å². The van der Waals surface area contributed by atoms with E-state index in [1.807, 2.05) is 0 Å². The third kappa shape index (κ3) is 2.98. The SMILES string of the molecule is CC1COCC(C(C)C)C(C(C)C)C1. The summed E-state index contributed by atoms with van der Waals surface area (Å²) in [5.41, 5.74) is 0. The van der Waals surface area contributed by atoms with Crippen molar-refractivity contribution in [1.29, 1.82) is 0 Å². The van der Waals surface area contributed by atoms with E-state index in [1.54, 1.807) is 0 Å².